The van der Waals surface area contributed by atoms with Crippen molar-refractivity contribution in [2.45, 2.75) is 13.5 Å². The first kappa shape index (κ1) is 24.4. The quantitative estimate of drug-likeness (QED) is 0.469. The number of likely N-dealkylation sites (N-methyl/N-ethyl adjacent to an activating group) is 1. The summed E-state index contributed by atoms with van der Waals surface area (Å²) in [5.74, 6) is -0.265. The fourth-order valence-electron chi connectivity index (χ4n) is 3.16. The number of methoxy groups -OCH3 is 1. The molecular formula is C24H24Cl2N4O3. The van der Waals surface area contributed by atoms with Crippen molar-refractivity contribution in [3.63, 3.8) is 0 Å². The Hall–Kier alpha value is -3.29. The average molecular weight is 487 g/mol. The molecule has 2 aromatic carbocycles. The van der Waals surface area contributed by atoms with Crippen molar-refractivity contribution in [1.29, 1.82) is 0 Å². The van der Waals surface area contributed by atoms with E-state index >= 15 is 0 Å². The van der Waals surface area contributed by atoms with Crippen molar-refractivity contribution in [3.05, 3.63) is 81.6 Å². The second kappa shape index (κ2) is 11.0. The number of carbonyl (C=O) groups is 2. The molecule has 1 aromatic heterocycles. The summed E-state index contributed by atoms with van der Waals surface area (Å²) in [4.78, 5) is 26.2. The number of ether oxygens (including phenoxy) is 1. The molecule has 3 rings (SSSR count). The first-order valence-electron chi connectivity index (χ1n) is 10.1. The van der Waals surface area contributed by atoms with E-state index in [1.165, 1.54) is 25.1 Å². The van der Waals surface area contributed by atoms with Crippen LogP contribution in [0.25, 0.3) is 6.08 Å². The second-order valence-corrected chi connectivity index (χ2v) is 8.15. The molecule has 0 radical (unpaired) electrons. The third kappa shape index (κ3) is 6.37. The van der Waals surface area contributed by atoms with Crippen LogP contribution >= 0.6 is 23.2 Å². The number of halogens is 2. The molecule has 7 nitrogen and oxygen atoms in total. The van der Waals surface area contributed by atoms with Gasteiger partial charge in [-0.15, -0.1) is 0 Å². The number of nitrogens with one attached hydrogen (secondary N) is 1. The summed E-state index contributed by atoms with van der Waals surface area (Å²) in [6.45, 7) is 2.20. The monoisotopic (exact) mass is 486 g/mol. The van der Waals surface area contributed by atoms with E-state index in [0.717, 1.165) is 5.56 Å². The van der Waals surface area contributed by atoms with Crippen LogP contribution in [-0.2, 0) is 16.1 Å². The normalized spacial score (nSPS) is 10.9. The van der Waals surface area contributed by atoms with Gasteiger partial charge in [-0.25, -0.2) is 4.68 Å². The van der Waals surface area contributed by atoms with Crippen molar-refractivity contribution < 1.29 is 14.3 Å². The standard InChI is InChI=1S/C24H24Cl2N4O3/c1-16-19(24(26)30(28-16)14-17-7-5-4-6-8-17)10-12-23(32)29(2)15-22(31)27-20-13-18(25)9-11-21(20)33-3/h4-13H,14-15H2,1-3H3,(H,27,31)/b12-10+. The minimum absolute atomic E-state index is 0.154. The highest BCUT2D eigenvalue weighted by atomic mass is 35.5. The van der Waals surface area contributed by atoms with Gasteiger partial charge >= 0.3 is 0 Å². The number of hydrogen-bond donors (Lipinski definition) is 1. The predicted molar refractivity (Wildman–Crippen MR) is 131 cm³/mol. The number of carbonyl (C=O) groups excluding carboxylic acids is 2. The summed E-state index contributed by atoms with van der Waals surface area (Å²) in [5.41, 5.74) is 2.85. The smallest absolute Gasteiger partial charge is 0.246 e. The van der Waals surface area contributed by atoms with E-state index in [1.54, 1.807) is 29.0 Å². The second-order valence-electron chi connectivity index (χ2n) is 7.35. The van der Waals surface area contributed by atoms with Crippen LogP contribution in [0.15, 0.2) is 54.6 Å². The number of rotatable bonds is 8. The van der Waals surface area contributed by atoms with E-state index in [1.807, 2.05) is 37.3 Å². The summed E-state index contributed by atoms with van der Waals surface area (Å²) >= 11 is 12.5. The molecule has 0 fully saturated rings. The van der Waals surface area contributed by atoms with Crippen LogP contribution < -0.4 is 10.1 Å². The molecule has 3 aromatic rings. The van der Waals surface area contributed by atoms with Crippen molar-refractivity contribution in [2.75, 3.05) is 26.0 Å². The first-order chi connectivity index (χ1) is 15.8. The molecule has 0 saturated carbocycles. The maximum Gasteiger partial charge on any atom is 0.246 e. The zero-order chi connectivity index (χ0) is 24.0. The minimum Gasteiger partial charge on any atom is -0.495 e. The Kier molecular flexibility index (Phi) is 8.14. The van der Waals surface area contributed by atoms with Crippen molar-refractivity contribution in [3.8, 4) is 5.75 Å². The molecule has 172 valence electrons. The van der Waals surface area contributed by atoms with Crippen molar-refractivity contribution in [2.24, 2.45) is 0 Å². The molecule has 9 heteroatoms. The molecule has 0 unspecified atom stereocenters. The van der Waals surface area contributed by atoms with Gasteiger partial charge in [0.05, 0.1) is 31.6 Å². The third-order valence-corrected chi connectivity index (χ3v) is 5.50. The van der Waals surface area contributed by atoms with Crippen molar-refractivity contribution in [1.82, 2.24) is 14.7 Å². The first-order valence-corrected chi connectivity index (χ1v) is 10.9. The molecule has 0 spiro atoms. The molecule has 0 atom stereocenters. The zero-order valence-electron chi connectivity index (χ0n) is 18.5. The summed E-state index contributed by atoms with van der Waals surface area (Å²) < 4.78 is 6.90. The Labute approximate surface area is 202 Å². The van der Waals surface area contributed by atoms with Crippen LogP contribution in [0.2, 0.25) is 10.2 Å². The Bertz CT molecular complexity index is 1180. The molecule has 0 bridgehead atoms. The summed E-state index contributed by atoms with van der Waals surface area (Å²) in [6.07, 6.45) is 2.99. The Morgan fingerprint density at radius 1 is 1.18 bits per heavy atom. The number of amides is 2. The lowest BCUT2D eigenvalue weighted by Gasteiger charge is -2.16. The van der Waals surface area contributed by atoms with Gasteiger partial charge in [-0.05, 0) is 36.8 Å². The van der Waals surface area contributed by atoms with Gasteiger partial charge in [-0.1, -0.05) is 53.5 Å². The lowest BCUT2D eigenvalue weighted by Crippen LogP contribution is -2.33. The van der Waals surface area contributed by atoms with Gasteiger partial charge in [0.1, 0.15) is 10.9 Å². The van der Waals surface area contributed by atoms with Gasteiger partial charge in [-0.2, -0.15) is 5.10 Å². The lowest BCUT2D eigenvalue weighted by atomic mass is 10.2. The molecule has 0 aliphatic rings. The minimum atomic E-state index is -0.385. The SMILES string of the molecule is COc1ccc(Cl)cc1NC(=O)CN(C)C(=O)/C=C/c1c(C)nn(Cc2ccccc2)c1Cl. The van der Waals surface area contributed by atoms with E-state index in [4.69, 9.17) is 27.9 Å². The maximum absolute atomic E-state index is 12.5. The number of anilines is 1. The number of hydrogen-bond acceptors (Lipinski definition) is 4. The van der Waals surface area contributed by atoms with Crippen LogP contribution in [0.3, 0.4) is 0 Å². The van der Waals surface area contributed by atoms with E-state index in [2.05, 4.69) is 10.4 Å². The highest BCUT2D eigenvalue weighted by Crippen LogP contribution is 2.27. The summed E-state index contributed by atoms with van der Waals surface area (Å²) in [6, 6.07) is 14.7. The average Bonchev–Trinajstić information content (AvgIpc) is 3.05. The molecule has 0 saturated heterocycles. The molecule has 0 aliphatic heterocycles. The molecule has 33 heavy (non-hydrogen) atoms. The van der Waals surface area contributed by atoms with E-state index in [-0.39, 0.29) is 18.4 Å². The molecular weight excluding hydrogens is 463 g/mol. The fraction of sp³-hybridized carbons (Fsp3) is 0.208. The van der Waals surface area contributed by atoms with Crippen molar-refractivity contribution >= 4 is 46.8 Å². The molecule has 1 N–H and O–H groups in total. The number of aryl methyl sites for hydroxylation is 1. The molecule has 1 heterocycles. The predicted octanol–water partition coefficient (Wildman–Crippen LogP) is 4.67. The number of benzene rings is 2. The highest BCUT2D eigenvalue weighted by Gasteiger charge is 2.15. The van der Waals surface area contributed by atoms with Gasteiger partial charge in [-0.3, -0.25) is 9.59 Å². The highest BCUT2D eigenvalue weighted by molar-refractivity contribution is 6.31. The third-order valence-electron chi connectivity index (χ3n) is 4.87. The summed E-state index contributed by atoms with van der Waals surface area (Å²) in [5, 5.41) is 8.07. The zero-order valence-corrected chi connectivity index (χ0v) is 20.0. The van der Waals surface area contributed by atoms with Crippen LogP contribution in [-0.4, -0.2) is 47.2 Å². The van der Waals surface area contributed by atoms with Gasteiger partial charge in [0.15, 0.2) is 0 Å². The summed E-state index contributed by atoms with van der Waals surface area (Å²) in [7, 11) is 3.03. The van der Waals surface area contributed by atoms with Gasteiger partial charge in [0.25, 0.3) is 0 Å². The fourth-order valence-corrected chi connectivity index (χ4v) is 3.63. The van der Waals surface area contributed by atoms with Crippen LogP contribution in [0.4, 0.5) is 5.69 Å². The van der Waals surface area contributed by atoms with Gasteiger partial charge < -0.3 is 15.0 Å². The van der Waals surface area contributed by atoms with Crippen LogP contribution in [0.1, 0.15) is 16.8 Å². The van der Waals surface area contributed by atoms with Gasteiger partial charge in [0, 0.05) is 23.7 Å². The van der Waals surface area contributed by atoms with Crippen LogP contribution in [0.5, 0.6) is 5.75 Å². The van der Waals surface area contributed by atoms with E-state index < -0.39 is 0 Å². The Balaban J connectivity index is 1.63. The topological polar surface area (TPSA) is 76.5 Å². The largest absolute Gasteiger partial charge is 0.495 e. The molecule has 2 amide bonds. The molecule has 0 aliphatic carbocycles. The number of nitrogens with zero attached hydrogens (tertiary/aromatic N) is 3. The van der Waals surface area contributed by atoms with E-state index in [9.17, 15) is 9.59 Å². The van der Waals surface area contributed by atoms with E-state index in [0.29, 0.717) is 39.4 Å². The van der Waals surface area contributed by atoms with Gasteiger partial charge in [0.2, 0.25) is 11.8 Å². The lowest BCUT2D eigenvalue weighted by molar-refractivity contribution is -0.129. The van der Waals surface area contributed by atoms with Crippen LogP contribution in [0, 0.1) is 6.92 Å². The Morgan fingerprint density at radius 3 is 2.61 bits per heavy atom. The Morgan fingerprint density at radius 2 is 1.91 bits per heavy atom. The maximum atomic E-state index is 12.5. The number of aromatic nitrogens is 2.